The zero-order valence-electron chi connectivity index (χ0n) is 5.22. The molecule has 0 amide bonds. The summed E-state index contributed by atoms with van der Waals surface area (Å²) < 4.78 is 0. The molecule has 4 aliphatic carbocycles. The summed E-state index contributed by atoms with van der Waals surface area (Å²) in [5.74, 6) is 0.740. The summed E-state index contributed by atoms with van der Waals surface area (Å²) in [5.41, 5.74) is 4.88. The molecule has 0 fully saturated rings. The first kappa shape index (κ1) is 4.10. The average molecular weight is 116 g/mol. The van der Waals surface area contributed by atoms with Gasteiger partial charge in [-0.1, -0.05) is 29.4 Å². The standard InChI is InChI=1S/C9H8/c1-6-2-8-4-7(1)5-9(8)3-6/h2-4,8H,1,5H2. The lowest BCUT2D eigenvalue weighted by atomic mass is 9.99. The molecule has 0 heteroatoms. The molecule has 0 N–H and O–H groups in total. The third-order valence-corrected chi connectivity index (χ3v) is 2.47. The zero-order valence-corrected chi connectivity index (χ0v) is 5.22. The van der Waals surface area contributed by atoms with E-state index >= 15 is 0 Å². The minimum Gasteiger partial charge on any atom is -0.0737 e. The van der Waals surface area contributed by atoms with Gasteiger partial charge in [-0.05, 0) is 18.4 Å². The van der Waals surface area contributed by atoms with Crippen LogP contribution in [0.3, 0.4) is 0 Å². The van der Waals surface area contributed by atoms with Crippen LogP contribution in [0.1, 0.15) is 12.8 Å². The Morgan fingerprint density at radius 1 is 1.22 bits per heavy atom. The summed E-state index contributed by atoms with van der Waals surface area (Å²) in [7, 11) is 0. The maximum atomic E-state index is 2.42. The topological polar surface area (TPSA) is 0 Å². The number of hydrogen-bond acceptors (Lipinski definition) is 0. The lowest BCUT2D eigenvalue weighted by Gasteiger charge is -2.06. The molecule has 0 spiro atoms. The molecule has 0 radical (unpaired) electrons. The highest BCUT2D eigenvalue weighted by Crippen LogP contribution is 2.45. The number of hydrogen-bond donors (Lipinski definition) is 0. The zero-order chi connectivity index (χ0) is 5.84. The first-order chi connectivity index (χ1) is 4.42. The van der Waals surface area contributed by atoms with Crippen LogP contribution in [0.2, 0.25) is 0 Å². The third-order valence-electron chi connectivity index (χ3n) is 2.47. The van der Waals surface area contributed by atoms with Crippen molar-refractivity contribution in [3.05, 3.63) is 34.9 Å². The Morgan fingerprint density at radius 3 is 2.89 bits per heavy atom. The minimum atomic E-state index is 0.740. The van der Waals surface area contributed by atoms with Gasteiger partial charge in [0.05, 0.1) is 0 Å². The minimum absolute atomic E-state index is 0.740. The Hall–Kier alpha value is -0.780. The first-order valence-electron chi connectivity index (χ1n) is 3.52. The van der Waals surface area contributed by atoms with E-state index in [2.05, 4.69) is 18.2 Å². The fourth-order valence-electron chi connectivity index (χ4n) is 2.11. The molecular formula is C9H8. The van der Waals surface area contributed by atoms with Crippen molar-refractivity contribution in [1.82, 2.24) is 0 Å². The molecule has 1 atom stereocenters. The SMILES string of the molecule is C1=C2C=C3CC(=CC13)C2. The van der Waals surface area contributed by atoms with Gasteiger partial charge in [-0.2, -0.15) is 0 Å². The Bertz CT molecular complexity index is 264. The Morgan fingerprint density at radius 2 is 2.22 bits per heavy atom. The van der Waals surface area contributed by atoms with Crippen molar-refractivity contribution in [3.8, 4) is 0 Å². The van der Waals surface area contributed by atoms with Crippen LogP contribution in [0.15, 0.2) is 34.9 Å². The molecule has 0 aromatic heterocycles. The van der Waals surface area contributed by atoms with Crippen molar-refractivity contribution < 1.29 is 0 Å². The molecule has 0 aromatic carbocycles. The molecule has 0 aromatic rings. The predicted molar refractivity (Wildman–Crippen MR) is 37.0 cm³/mol. The van der Waals surface area contributed by atoms with Gasteiger partial charge in [0.15, 0.2) is 0 Å². The smallest absolute Gasteiger partial charge is 0.0172 e. The van der Waals surface area contributed by atoms with Gasteiger partial charge in [-0.3, -0.25) is 0 Å². The van der Waals surface area contributed by atoms with Gasteiger partial charge in [-0.25, -0.2) is 0 Å². The van der Waals surface area contributed by atoms with E-state index < -0.39 is 0 Å². The van der Waals surface area contributed by atoms with Gasteiger partial charge in [0.1, 0.15) is 0 Å². The molecular weight excluding hydrogens is 108 g/mol. The molecule has 9 heavy (non-hydrogen) atoms. The van der Waals surface area contributed by atoms with E-state index in [4.69, 9.17) is 0 Å². The third kappa shape index (κ3) is 0.365. The van der Waals surface area contributed by atoms with E-state index in [-0.39, 0.29) is 0 Å². The van der Waals surface area contributed by atoms with Crippen molar-refractivity contribution in [2.24, 2.45) is 5.92 Å². The van der Waals surface area contributed by atoms with E-state index in [1.54, 1.807) is 16.7 Å². The number of allylic oxidation sites excluding steroid dienone is 6. The van der Waals surface area contributed by atoms with Crippen LogP contribution >= 0.6 is 0 Å². The van der Waals surface area contributed by atoms with Crippen LogP contribution in [0.25, 0.3) is 0 Å². The lowest BCUT2D eigenvalue weighted by Crippen LogP contribution is -1.87. The molecule has 4 aliphatic rings. The quantitative estimate of drug-likeness (QED) is 0.425. The molecule has 0 nitrogen and oxygen atoms in total. The highest BCUT2D eigenvalue weighted by molar-refractivity contribution is 5.52. The molecule has 4 rings (SSSR count). The summed E-state index contributed by atoms with van der Waals surface area (Å²) in [5, 5.41) is 0. The van der Waals surface area contributed by atoms with Gasteiger partial charge in [0.25, 0.3) is 0 Å². The molecule has 1 unspecified atom stereocenters. The Labute approximate surface area is 54.6 Å². The van der Waals surface area contributed by atoms with Crippen LogP contribution in [0.5, 0.6) is 0 Å². The van der Waals surface area contributed by atoms with E-state index in [1.807, 2.05) is 0 Å². The lowest BCUT2D eigenvalue weighted by molar-refractivity contribution is 1.00. The second kappa shape index (κ2) is 1.06. The summed E-state index contributed by atoms with van der Waals surface area (Å²) in [6, 6.07) is 0. The number of rotatable bonds is 0. The molecule has 0 saturated heterocycles. The predicted octanol–water partition coefficient (Wildman–Crippen LogP) is 2.20. The van der Waals surface area contributed by atoms with E-state index in [1.165, 1.54) is 12.8 Å². The van der Waals surface area contributed by atoms with Gasteiger partial charge < -0.3 is 0 Å². The highest BCUT2D eigenvalue weighted by atomic mass is 14.3. The van der Waals surface area contributed by atoms with Crippen molar-refractivity contribution in [1.29, 1.82) is 0 Å². The van der Waals surface area contributed by atoms with Crippen molar-refractivity contribution >= 4 is 0 Å². The van der Waals surface area contributed by atoms with E-state index in [9.17, 15) is 0 Å². The van der Waals surface area contributed by atoms with E-state index in [0.29, 0.717) is 0 Å². The van der Waals surface area contributed by atoms with Gasteiger partial charge in [0.2, 0.25) is 0 Å². The Balaban J connectivity index is 2.32. The molecule has 4 bridgehead atoms. The van der Waals surface area contributed by atoms with Gasteiger partial charge in [-0.15, -0.1) is 0 Å². The maximum absolute atomic E-state index is 2.42. The van der Waals surface area contributed by atoms with Crippen LogP contribution in [0, 0.1) is 5.92 Å². The summed E-state index contributed by atoms with van der Waals surface area (Å²) in [4.78, 5) is 0. The summed E-state index contributed by atoms with van der Waals surface area (Å²) in [6.45, 7) is 0. The van der Waals surface area contributed by atoms with Crippen molar-refractivity contribution in [2.75, 3.05) is 0 Å². The highest BCUT2D eigenvalue weighted by Gasteiger charge is 2.29. The molecule has 0 aliphatic heterocycles. The average Bonchev–Trinajstić information content (AvgIpc) is 2.20. The fourth-order valence-corrected chi connectivity index (χ4v) is 2.11. The van der Waals surface area contributed by atoms with Crippen LogP contribution in [0.4, 0.5) is 0 Å². The summed E-state index contributed by atoms with van der Waals surface area (Å²) >= 11 is 0. The normalized spacial score (nSPS) is 34.7. The van der Waals surface area contributed by atoms with Crippen LogP contribution < -0.4 is 0 Å². The monoisotopic (exact) mass is 116 g/mol. The second-order valence-electron chi connectivity index (χ2n) is 3.17. The second-order valence-corrected chi connectivity index (χ2v) is 3.17. The van der Waals surface area contributed by atoms with Crippen LogP contribution in [-0.4, -0.2) is 0 Å². The first-order valence-corrected chi connectivity index (χ1v) is 3.52. The van der Waals surface area contributed by atoms with Crippen molar-refractivity contribution in [2.45, 2.75) is 12.8 Å². The van der Waals surface area contributed by atoms with Gasteiger partial charge >= 0.3 is 0 Å². The summed E-state index contributed by atoms with van der Waals surface area (Å²) in [6.07, 6.45) is 9.72. The van der Waals surface area contributed by atoms with Gasteiger partial charge in [0, 0.05) is 5.92 Å². The molecule has 0 heterocycles. The largest absolute Gasteiger partial charge is 0.0737 e. The fraction of sp³-hybridized carbons (Fsp3) is 0.333. The van der Waals surface area contributed by atoms with E-state index in [0.717, 1.165) is 5.92 Å². The van der Waals surface area contributed by atoms with Crippen LogP contribution in [-0.2, 0) is 0 Å². The molecule has 0 saturated carbocycles. The van der Waals surface area contributed by atoms with Crippen molar-refractivity contribution in [3.63, 3.8) is 0 Å². The maximum Gasteiger partial charge on any atom is 0.0172 e. The Kier molecular flexibility index (Phi) is 0.484. The molecule has 44 valence electrons.